The minimum absolute atomic E-state index is 0.210. The maximum Gasteiger partial charge on any atom is 0.243 e. The van der Waals surface area contributed by atoms with Crippen LogP contribution in [0.3, 0.4) is 0 Å². The van der Waals surface area contributed by atoms with Gasteiger partial charge in [-0.05, 0) is 29.7 Å². The molecular formula is C20H20N3O5S-. The lowest BCUT2D eigenvalue weighted by molar-refractivity contribution is -0.305. The molecule has 0 radical (unpaired) electrons. The van der Waals surface area contributed by atoms with Crippen LogP contribution in [0.5, 0.6) is 0 Å². The number of sulfonamides is 1. The van der Waals surface area contributed by atoms with Crippen LogP contribution in [0.2, 0.25) is 0 Å². The molecular weight excluding hydrogens is 394 g/mol. The Kier molecular flexibility index (Phi) is 5.97. The number of nitrogens with zero attached hydrogens (tertiary/aromatic N) is 2. The molecule has 0 saturated carbocycles. The van der Waals surface area contributed by atoms with Gasteiger partial charge >= 0.3 is 0 Å². The number of benzene rings is 2. The van der Waals surface area contributed by atoms with Gasteiger partial charge in [0.15, 0.2) is 0 Å². The fourth-order valence-corrected chi connectivity index (χ4v) is 3.70. The normalized spacial score (nSPS) is 16.4. The van der Waals surface area contributed by atoms with Crippen LogP contribution < -0.4 is 9.83 Å². The molecule has 3 rings (SSSR count). The first-order valence-corrected chi connectivity index (χ1v) is 10.8. The fraction of sp³-hybridized carbons (Fsp3) is 0.250. The molecule has 2 aromatic carbocycles. The van der Waals surface area contributed by atoms with E-state index in [-0.39, 0.29) is 18.9 Å². The molecule has 1 aliphatic rings. The number of carboxylic acid groups (broad SMARTS) is 1. The Hall–Kier alpha value is -3.20. The number of rotatable bonds is 7. The van der Waals surface area contributed by atoms with E-state index in [0.29, 0.717) is 23.4 Å². The van der Waals surface area contributed by atoms with Gasteiger partial charge in [0.25, 0.3) is 0 Å². The summed E-state index contributed by atoms with van der Waals surface area (Å²) in [6.45, 7) is 0. The lowest BCUT2D eigenvalue weighted by Crippen LogP contribution is -2.29. The third-order valence-electron chi connectivity index (χ3n) is 4.39. The Morgan fingerprint density at radius 3 is 2.52 bits per heavy atom. The zero-order valence-electron chi connectivity index (χ0n) is 15.7. The molecule has 0 saturated heterocycles. The van der Waals surface area contributed by atoms with E-state index in [2.05, 4.69) is 9.82 Å². The number of hydrazone groups is 1. The van der Waals surface area contributed by atoms with Gasteiger partial charge in [0.1, 0.15) is 0 Å². The first-order chi connectivity index (χ1) is 13.7. The summed E-state index contributed by atoms with van der Waals surface area (Å²) < 4.78 is 25.4. The van der Waals surface area contributed by atoms with Gasteiger partial charge in [-0.3, -0.25) is 9.52 Å². The monoisotopic (exact) mass is 414 g/mol. The highest BCUT2D eigenvalue weighted by atomic mass is 32.2. The van der Waals surface area contributed by atoms with Gasteiger partial charge in [0, 0.05) is 24.5 Å². The van der Waals surface area contributed by atoms with Crippen LogP contribution >= 0.6 is 0 Å². The summed E-state index contributed by atoms with van der Waals surface area (Å²) in [5, 5.41) is 16.5. The average molecular weight is 414 g/mol. The van der Waals surface area contributed by atoms with Crippen molar-refractivity contribution < 1.29 is 23.1 Å². The maximum absolute atomic E-state index is 12.6. The summed E-state index contributed by atoms with van der Waals surface area (Å²) in [7, 11) is -3.43. The predicted molar refractivity (Wildman–Crippen MR) is 106 cm³/mol. The van der Waals surface area contributed by atoms with E-state index in [1.807, 2.05) is 30.3 Å². The molecule has 2 aromatic rings. The molecule has 0 spiro atoms. The lowest BCUT2D eigenvalue weighted by Gasteiger charge is -2.22. The Morgan fingerprint density at radius 1 is 1.14 bits per heavy atom. The molecule has 1 atom stereocenters. The minimum Gasteiger partial charge on any atom is -0.550 e. The van der Waals surface area contributed by atoms with Crippen molar-refractivity contribution in [2.45, 2.75) is 25.3 Å². The lowest BCUT2D eigenvalue weighted by atomic mass is 9.98. The first-order valence-electron chi connectivity index (χ1n) is 8.95. The van der Waals surface area contributed by atoms with Crippen molar-refractivity contribution >= 4 is 33.3 Å². The van der Waals surface area contributed by atoms with E-state index < -0.39 is 21.9 Å². The highest BCUT2D eigenvalue weighted by Gasteiger charge is 2.32. The third kappa shape index (κ3) is 5.41. The van der Waals surface area contributed by atoms with Crippen LogP contribution in [0.15, 0.2) is 59.7 Å². The molecule has 9 heteroatoms. The Labute approximate surface area is 168 Å². The second-order valence-corrected chi connectivity index (χ2v) is 8.49. The highest BCUT2D eigenvalue weighted by Crippen LogP contribution is 2.33. The first kappa shape index (κ1) is 20.5. The molecule has 0 bridgehead atoms. The van der Waals surface area contributed by atoms with Crippen LogP contribution in [0.4, 0.5) is 5.69 Å². The molecule has 29 heavy (non-hydrogen) atoms. The number of hydrogen-bond acceptors (Lipinski definition) is 6. The topological polar surface area (TPSA) is 119 Å². The highest BCUT2D eigenvalue weighted by molar-refractivity contribution is 7.92. The SMILES string of the molecule is CS(=O)(=O)Nc1cccc(C2=NN(C(=O)CCC(=O)[O-])[C@@H](c3ccccc3)C2)c1. The Morgan fingerprint density at radius 2 is 1.86 bits per heavy atom. The van der Waals surface area contributed by atoms with Crippen LogP contribution in [-0.2, 0) is 19.6 Å². The number of anilines is 1. The average Bonchev–Trinajstić information content (AvgIpc) is 3.11. The van der Waals surface area contributed by atoms with E-state index in [0.717, 1.165) is 11.8 Å². The number of carboxylic acids is 1. The van der Waals surface area contributed by atoms with E-state index in [9.17, 15) is 23.1 Å². The number of hydrogen-bond donors (Lipinski definition) is 1. The summed E-state index contributed by atoms with van der Waals surface area (Å²) in [6, 6.07) is 15.7. The van der Waals surface area contributed by atoms with Crippen LogP contribution in [0.25, 0.3) is 0 Å². The molecule has 8 nitrogen and oxygen atoms in total. The third-order valence-corrected chi connectivity index (χ3v) is 5.00. The van der Waals surface area contributed by atoms with Crippen molar-refractivity contribution in [2.24, 2.45) is 5.10 Å². The molecule has 0 aromatic heterocycles. The minimum atomic E-state index is -3.43. The maximum atomic E-state index is 12.6. The number of carbonyl (C=O) groups excluding carboxylic acids is 2. The van der Waals surface area contributed by atoms with Gasteiger partial charge in [-0.15, -0.1) is 0 Å². The summed E-state index contributed by atoms with van der Waals surface area (Å²) in [5.41, 5.74) is 2.55. The standard InChI is InChI=1S/C20H21N3O5S/c1-29(27,28)22-16-9-5-8-15(12-16)17-13-18(14-6-3-2-4-7-14)23(21-17)19(24)10-11-20(25)26/h2-9,12,18,22H,10-11,13H2,1H3,(H,25,26)/p-1/t18-/m1/s1. The zero-order valence-corrected chi connectivity index (χ0v) is 16.6. The van der Waals surface area contributed by atoms with E-state index in [1.165, 1.54) is 5.01 Å². The number of aliphatic carboxylic acids is 1. The molecule has 152 valence electrons. The van der Waals surface area contributed by atoms with Gasteiger partial charge < -0.3 is 9.90 Å². The van der Waals surface area contributed by atoms with Gasteiger partial charge in [-0.1, -0.05) is 42.5 Å². The van der Waals surface area contributed by atoms with Gasteiger partial charge in [-0.2, -0.15) is 5.10 Å². The Balaban J connectivity index is 1.91. The van der Waals surface area contributed by atoms with Crippen LogP contribution in [-0.4, -0.2) is 37.3 Å². The fourth-order valence-electron chi connectivity index (χ4n) is 3.15. The number of amides is 1. The Bertz CT molecular complexity index is 1050. The van der Waals surface area contributed by atoms with E-state index in [4.69, 9.17) is 0 Å². The van der Waals surface area contributed by atoms with Crippen molar-refractivity contribution in [1.29, 1.82) is 0 Å². The smallest absolute Gasteiger partial charge is 0.243 e. The second kappa shape index (κ2) is 8.44. The van der Waals surface area contributed by atoms with Crippen molar-refractivity contribution in [3.8, 4) is 0 Å². The number of carbonyl (C=O) groups is 2. The zero-order chi connectivity index (χ0) is 21.0. The van der Waals surface area contributed by atoms with Gasteiger partial charge in [0.2, 0.25) is 15.9 Å². The summed E-state index contributed by atoms with van der Waals surface area (Å²) >= 11 is 0. The van der Waals surface area contributed by atoms with Gasteiger partial charge in [-0.25, -0.2) is 13.4 Å². The van der Waals surface area contributed by atoms with E-state index >= 15 is 0 Å². The van der Waals surface area contributed by atoms with Crippen LogP contribution in [0.1, 0.15) is 36.4 Å². The van der Waals surface area contributed by atoms with Crippen molar-refractivity contribution in [2.75, 3.05) is 11.0 Å². The summed E-state index contributed by atoms with van der Waals surface area (Å²) in [6.07, 6.45) is 0.896. The van der Waals surface area contributed by atoms with E-state index in [1.54, 1.807) is 24.3 Å². The van der Waals surface area contributed by atoms with Gasteiger partial charge in [0.05, 0.1) is 18.0 Å². The molecule has 0 aliphatic carbocycles. The molecule has 1 aliphatic heterocycles. The summed E-state index contributed by atoms with van der Waals surface area (Å²) in [5.74, 6) is -1.71. The predicted octanol–water partition coefficient (Wildman–Crippen LogP) is 1.27. The quantitative estimate of drug-likeness (QED) is 0.732. The molecule has 0 unspecified atom stereocenters. The largest absolute Gasteiger partial charge is 0.550 e. The van der Waals surface area contributed by atoms with Crippen LogP contribution in [0, 0.1) is 0 Å². The van der Waals surface area contributed by atoms with Crippen molar-refractivity contribution in [3.63, 3.8) is 0 Å². The number of nitrogens with one attached hydrogen (secondary N) is 1. The molecule has 0 fully saturated rings. The van der Waals surface area contributed by atoms with Crippen molar-refractivity contribution in [1.82, 2.24) is 5.01 Å². The summed E-state index contributed by atoms with van der Waals surface area (Å²) in [4.78, 5) is 23.3. The van der Waals surface area contributed by atoms with Crippen molar-refractivity contribution in [3.05, 3.63) is 65.7 Å². The molecule has 1 heterocycles. The molecule has 1 N–H and O–H groups in total. The second-order valence-electron chi connectivity index (χ2n) is 6.74. The molecule has 1 amide bonds.